The van der Waals surface area contributed by atoms with E-state index in [-0.39, 0.29) is 18.1 Å². The molecule has 8 heteroatoms. The topological polar surface area (TPSA) is 92.2 Å². The number of nitrogens with zero attached hydrogens (tertiary/aromatic N) is 4. The van der Waals surface area contributed by atoms with Crippen molar-refractivity contribution in [1.29, 1.82) is 0 Å². The zero-order valence-electron chi connectivity index (χ0n) is 16.1. The smallest absolute Gasteiger partial charge is 0.381 e. The van der Waals surface area contributed by atoms with Crippen molar-refractivity contribution in [2.45, 2.75) is 33.4 Å². The number of benzene rings is 1. The zero-order chi connectivity index (χ0) is 20.3. The Morgan fingerprint density at radius 2 is 1.96 bits per heavy atom. The van der Waals surface area contributed by atoms with Crippen molar-refractivity contribution in [2.24, 2.45) is 0 Å². The van der Waals surface area contributed by atoms with Gasteiger partial charge in [-0.25, -0.2) is 0 Å². The van der Waals surface area contributed by atoms with Gasteiger partial charge in [0.2, 0.25) is 6.33 Å². The molecule has 0 amide bonds. The van der Waals surface area contributed by atoms with E-state index in [1.807, 2.05) is 44.2 Å². The number of methoxy groups -OCH3 is 1. The number of nitro groups is 1. The lowest BCUT2D eigenvalue weighted by Crippen LogP contribution is -2.11. The van der Waals surface area contributed by atoms with E-state index in [0.29, 0.717) is 5.56 Å². The van der Waals surface area contributed by atoms with Crippen molar-refractivity contribution in [2.75, 3.05) is 7.11 Å². The lowest BCUT2D eigenvalue weighted by Gasteiger charge is -2.10. The van der Waals surface area contributed by atoms with Crippen LogP contribution in [0.25, 0.3) is 0 Å². The zero-order valence-corrected chi connectivity index (χ0v) is 16.1. The maximum atomic E-state index is 12.7. The number of carbonyl (C=O) groups is 1. The summed E-state index contributed by atoms with van der Waals surface area (Å²) in [4.78, 5) is 26.5. The van der Waals surface area contributed by atoms with Crippen LogP contribution in [0, 0.1) is 24.0 Å². The highest BCUT2D eigenvalue weighted by molar-refractivity contribution is 5.97. The van der Waals surface area contributed by atoms with Gasteiger partial charge < -0.3 is 24.0 Å². The Kier molecular flexibility index (Phi) is 5.58. The molecule has 0 aliphatic carbocycles. The summed E-state index contributed by atoms with van der Waals surface area (Å²) in [6, 6.07) is 9.81. The Morgan fingerprint density at radius 1 is 1.25 bits per heavy atom. The number of rotatable bonds is 8. The normalized spacial score (nSPS) is 10.8. The first-order valence-corrected chi connectivity index (χ1v) is 8.88. The highest BCUT2D eigenvalue weighted by Crippen LogP contribution is 2.19. The number of carbonyl (C=O) groups excluding carboxylic acids is 1. The van der Waals surface area contributed by atoms with Crippen LogP contribution in [-0.4, -0.2) is 31.9 Å². The molecule has 3 aromatic rings. The van der Waals surface area contributed by atoms with Crippen LogP contribution in [0.3, 0.4) is 0 Å². The molecule has 0 spiro atoms. The van der Waals surface area contributed by atoms with Gasteiger partial charge in [0.15, 0.2) is 5.78 Å². The molecule has 3 rings (SSSR count). The molecule has 146 valence electrons. The quantitative estimate of drug-likeness (QED) is 0.338. The van der Waals surface area contributed by atoms with Crippen LogP contribution >= 0.6 is 0 Å². The van der Waals surface area contributed by atoms with E-state index in [1.54, 1.807) is 7.11 Å². The number of aryl methyl sites for hydroxylation is 2. The minimum Gasteiger partial charge on any atom is -0.497 e. The molecule has 1 aromatic carbocycles. The number of imidazole rings is 1. The van der Waals surface area contributed by atoms with Crippen LogP contribution in [-0.2, 0) is 19.5 Å². The molecule has 0 atom stereocenters. The second-order valence-electron chi connectivity index (χ2n) is 6.62. The van der Waals surface area contributed by atoms with E-state index < -0.39 is 4.92 Å². The summed E-state index contributed by atoms with van der Waals surface area (Å²) in [6.07, 6.45) is 3.40. The average Bonchev–Trinajstić information content (AvgIpc) is 3.25. The number of ketones is 1. The monoisotopic (exact) mass is 382 g/mol. The molecule has 0 unspecified atom stereocenters. The summed E-state index contributed by atoms with van der Waals surface area (Å²) in [6.45, 7) is 4.67. The number of hydrogen-bond acceptors (Lipinski definition) is 5. The third kappa shape index (κ3) is 4.11. The second kappa shape index (κ2) is 8.08. The predicted octanol–water partition coefficient (Wildman–Crippen LogP) is 3.34. The number of Topliss-reactive ketones (excluding diaryl/α,β-unsaturated/α-hetero) is 1. The highest BCUT2D eigenvalue weighted by atomic mass is 16.6. The third-order valence-electron chi connectivity index (χ3n) is 4.79. The van der Waals surface area contributed by atoms with Gasteiger partial charge in [0, 0.05) is 23.5 Å². The summed E-state index contributed by atoms with van der Waals surface area (Å²) in [7, 11) is 1.64. The van der Waals surface area contributed by atoms with Gasteiger partial charge in [0.1, 0.15) is 11.9 Å². The largest absolute Gasteiger partial charge is 0.497 e. The molecule has 28 heavy (non-hydrogen) atoms. The molecule has 2 heterocycles. The Morgan fingerprint density at radius 3 is 2.57 bits per heavy atom. The van der Waals surface area contributed by atoms with E-state index in [1.165, 1.54) is 22.7 Å². The molecular formula is C20H22N4O4. The van der Waals surface area contributed by atoms with Crippen molar-refractivity contribution in [3.05, 3.63) is 75.5 Å². The SMILES string of the molecule is COc1ccc(CCn2c(C)cc(C(=O)Cn3cnc([N+](=O)[O-])c3)c2C)cc1. The van der Waals surface area contributed by atoms with Gasteiger partial charge in [0.05, 0.1) is 13.7 Å². The van der Waals surface area contributed by atoms with Crippen LogP contribution in [0.1, 0.15) is 27.3 Å². The van der Waals surface area contributed by atoms with Gasteiger partial charge in [-0.3, -0.25) is 4.79 Å². The lowest BCUT2D eigenvalue weighted by atomic mass is 10.1. The number of aromatic nitrogens is 3. The van der Waals surface area contributed by atoms with Crippen molar-refractivity contribution < 1.29 is 14.5 Å². The van der Waals surface area contributed by atoms with E-state index in [9.17, 15) is 14.9 Å². The molecule has 0 saturated heterocycles. The Hall–Kier alpha value is -3.42. The van der Waals surface area contributed by atoms with Crippen LogP contribution in [0.5, 0.6) is 5.75 Å². The summed E-state index contributed by atoms with van der Waals surface area (Å²) in [5, 5.41) is 10.7. The van der Waals surface area contributed by atoms with Gasteiger partial charge >= 0.3 is 5.82 Å². The summed E-state index contributed by atoms with van der Waals surface area (Å²) < 4.78 is 8.73. The van der Waals surface area contributed by atoms with Gasteiger partial charge in [-0.1, -0.05) is 12.1 Å². The molecule has 8 nitrogen and oxygen atoms in total. The first kappa shape index (κ1) is 19.3. The first-order valence-electron chi connectivity index (χ1n) is 8.88. The fourth-order valence-electron chi connectivity index (χ4n) is 3.24. The minimum absolute atomic E-state index is 0.0175. The Bertz CT molecular complexity index is 1000. The highest BCUT2D eigenvalue weighted by Gasteiger charge is 2.18. The average molecular weight is 382 g/mol. The predicted molar refractivity (Wildman–Crippen MR) is 104 cm³/mol. The number of ether oxygens (including phenoxy) is 1. The summed E-state index contributed by atoms with van der Waals surface area (Å²) in [5.74, 6) is 0.457. The van der Waals surface area contributed by atoms with Crippen LogP contribution in [0.4, 0.5) is 5.82 Å². The number of hydrogen-bond donors (Lipinski definition) is 0. The van der Waals surface area contributed by atoms with Gasteiger partial charge in [0.25, 0.3) is 0 Å². The van der Waals surface area contributed by atoms with E-state index in [0.717, 1.165) is 30.1 Å². The van der Waals surface area contributed by atoms with Gasteiger partial charge in [-0.15, -0.1) is 0 Å². The molecule has 0 aliphatic heterocycles. The second-order valence-corrected chi connectivity index (χ2v) is 6.62. The molecule has 0 fully saturated rings. The standard InChI is InChI=1S/C20H22N4O4/c1-14-10-18(19(25)11-22-12-20(21-13-22)24(26)27)15(2)23(14)9-8-16-4-6-17(28-3)7-5-16/h4-7,10,12-13H,8-9,11H2,1-3H3. The van der Waals surface area contributed by atoms with Gasteiger partial charge in [-0.05, 0) is 53.9 Å². The molecule has 0 radical (unpaired) electrons. The molecule has 0 saturated carbocycles. The van der Waals surface area contributed by atoms with Crippen molar-refractivity contribution >= 4 is 11.6 Å². The fourth-order valence-corrected chi connectivity index (χ4v) is 3.24. The first-order chi connectivity index (χ1) is 13.4. The van der Waals surface area contributed by atoms with Crippen molar-refractivity contribution in [3.63, 3.8) is 0 Å². The van der Waals surface area contributed by atoms with Crippen LogP contribution < -0.4 is 4.74 Å². The van der Waals surface area contributed by atoms with E-state index >= 15 is 0 Å². The minimum atomic E-state index is -0.577. The molecule has 0 bridgehead atoms. The molecule has 0 aliphatic rings. The molecule has 0 N–H and O–H groups in total. The summed E-state index contributed by atoms with van der Waals surface area (Å²) in [5.41, 5.74) is 3.71. The van der Waals surface area contributed by atoms with Gasteiger partial charge in [-0.2, -0.15) is 0 Å². The van der Waals surface area contributed by atoms with Crippen LogP contribution in [0.2, 0.25) is 0 Å². The molecule has 2 aromatic heterocycles. The van der Waals surface area contributed by atoms with Crippen molar-refractivity contribution in [1.82, 2.24) is 14.1 Å². The lowest BCUT2D eigenvalue weighted by molar-refractivity contribution is -0.389. The van der Waals surface area contributed by atoms with E-state index in [2.05, 4.69) is 9.55 Å². The Labute approximate surface area is 162 Å². The third-order valence-corrected chi connectivity index (χ3v) is 4.79. The van der Waals surface area contributed by atoms with Crippen molar-refractivity contribution in [3.8, 4) is 5.75 Å². The maximum absolute atomic E-state index is 12.7. The molecular weight excluding hydrogens is 360 g/mol. The van der Waals surface area contributed by atoms with Crippen LogP contribution in [0.15, 0.2) is 42.9 Å². The summed E-state index contributed by atoms with van der Waals surface area (Å²) >= 11 is 0. The Balaban J connectivity index is 1.70. The maximum Gasteiger partial charge on any atom is 0.381 e. The van der Waals surface area contributed by atoms with E-state index in [4.69, 9.17) is 4.74 Å². The fraction of sp³-hybridized carbons (Fsp3) is 0.300.